The average molecular weight is 1180 g/mol. The van der Waals surface area contributed by atoms with Gasteiger partial charge in [-0.2, -0.15) is 0 Å². The third kappa shape index (κ3) is 33.7. The lowest BCUT2D eigenvalue weighted by Crippen LogP contribution is -2.25. The summed E-state index contributed by atoms with van der Waals surface area (Å²) in [6, 6.07) is 12.4. The van der Waals surface area contributed by atoms with Gasteiger partial charge >= 0.3 is 0 Å². The van der Waals surface area contributed by atoms with E-state index in [9.17, 15) is 14.4 Å². The number of hydrogen-bond acceptors (Lipinski definition) is 9. The van der Waals surface area contributed by atoms with E-state index in [1.807, 2.05) is 0 Å². The highest BCUT2D eigenvalue weighted by Crippen LogP contribution is 2.30. The van der Waals surface area contributed by atoms with Crippen LogP contribution in [0.5, 0.6) is 0 Å². The standard InChI is InChI=1S/C64H106N6O3Si6/c1-74(2,40-25-16-28-43-77(7,8)46-34-62-65-49-59(55-71)50-66-62)37-22-13-19-31-58(32-20-14-23-38-75(3,4)41-26-17-29-44-78(9,10)47-35-63-67-51-60(56-72)52-68-63)33-21-15-24-39-76(5,6)42-27-18-30-45-79(11,12)48-36-64-69-53-61(57-73)54-70-64/h49-58H,13-33,37-45H2,1-12H3. The van der Waals surface area contributed by atoms with Crippen molar-refractivity contribution in [1.82, 2.24) is 29.9 Å². The van der Waals surface area contributed by atoms with Gasteiger partial charge in [-0.1, -0.05) is 250 Å². The highest BCUT2D eigenvalue weighted by molar-refractivity contribution is 6.86. The lowest BCUT2D eigenvalue weighted by atomic mass is 9.90. The molecule has 0 unspecified atom stereocenters. The van der Waals surface area contributed by atoms with Crippen molar-refractivity contribution in [3.8, 4) is 34.4 Å². The summed E-state index contributed by atoms with van der Waals surface area (Å²) >= 11 is 0. The minimum atomic E-state index is -1.64. The maximum Gasteiger partial charge on any atom is 0.204 e. The Morgan fingerprint density at radius 2 is 0.519 bits per heavy atom. The molecule has 0 aliphatic rings. The molecule has 0 aromatic carbocycles. The van der Waals surface area contributed by atoms with E-state index >= 15 is 0 Å². The van der Waals surface area contributed by atoms with E-state index in [2.05, 4.69) is 143 Å². The zero-order valence-electron chi connectivity index (χ0n) is 51.9. The van der Waals surface area contributed by atoms with Crippen LogP contribution in [0.1, 0.15) is 183 Å². The second-order valence-corrected chi connectivity index (χ2v) is 57.2. The summed E-state index contributed by atoms with van der Waals surface area (Å²) in [5, 5.41) is 0. The van der Waals surface area contributed by atoms with Gasteiger partial charge in [0.25, 0.3) is 0 Å². The second-order valence-electron chi connectivity index (χ2n) is 27.6. The molecule has 0 aliphatic heterocycles. The molecule has 3 heterocycles. The summed E-state index contributed by atoms with van der Waals surface area (Å²) < 4.78 is 0. The molecule has 0 saturated carbocycles. The van der Waals surface area contributed by atoms with Crippen LogP contribution in [0.25, 0.3) is 0 Å². The molecule has 0 spiro atoms. The van der Waals surface area contributed by atoms with Crippen molar-refractivity contribution in [2.75, 3.05) is 0 Å². The molecular formula is C64H106N6O3Si6. The van der Waals surface area contributed by atoms with Crippen molar-refractivity contribution in [2.24, 2.45) is 5.92 Å². The normalized spacial score (nSPS) is 12.3. The number of carbonyl (C=O) groups excluding carboxylic acids is 3. The molecule has 0 fully saturated rings. The summed E-state index contributed by atoms with van der Waals surface area (Å²) in [5.74, 6) is 12.0. The maximum absolute atomic E-state index is 10.9. The fourth-order valence-electron chi connectivity index (χ4n) is 10.7. The lowest BCUT2D eigenvalue weighted by Gasteiger charge is -2.24. The minimum absolute atomic E-state index is 0.488. The Hall–Kier alpha value is -3.77. The monoisotopic (exact) mass is 1170 g/mol. The van der Waals surface area contributed by atoms with E-state index in [1.165, 1.54) is 189 Å². The van der Waals surface area contributed by atoms with Crippen LogP contribution in [0, 0.1) is 40.3 Å². The summed E-state index contributed by atoms with van der Waals surface area (Å²) in [5.41, 5.74) is 12.0. The summed E-state index contributed by atoms with van der Waals surface area (Å²) in [4.78, 5) is 58.2. The minimum Gasteiger partial charge on any atom is -0.298 e. The van der Waals surface area contributed by atoms with Gasteiger partial charge in [-0.3, -0.25) is 14.4 Å². The number of hydrogen-bond donors (Lipinski definition) is 0. The Labute approximate surface area is 488 Å². The molecular weight excluding hydrogens is 1070 g/mol. The molecule has 0 radical (unpaired) electrons. The Balaban J connectivity index is 1.38. The summed E-state index contributed by atoms with van der Waals surface area (Å²) in [7, 11) is -8.51. The molecule has 3 aromatic rings. The van der Waals surface area contributed by atoms with Crippen LogP contribution in [0.2, 0.25) is 133 Å². The van der Waals surface area contributed by atoms with Crippen molar-refractivity contribution in [3.63, 3.8) is 0 Å². The van der Waals surface area contributed by atoms with E-state index in [0.717, 1.165) is 24.8 Å². The molecule has 0 bridgehead atoms. The second kappa shape index (κ2) is 36.6. The van der Waals surface area contributed by atoms with Gasteiger partial charge in [0.15, 0.2) is 18.9 Å². The quantitative estimate of drug-likeness (QED) is 0.0237. The van der Waals surface area contributed by atoms with Crippen LogP contribution in [-0.4, -0.2) is 97.2 Å². The van der Waals surface area contributed by atoms with Gasteiger partial charge in [0.05, 0.1) is 16.7 Å². The summed E-state index contributed by atoms with van der Waals surface area (Å²) in [6.45, 7) is 29.9. The first-order chi connectivity index (χ1) is 37.4. The topological polar surface area (TPSA) is 129 Å². The largest absolute Gasteiger partial charge is 0.298 e. The number of carbonyl (C=O) groups is 3. The predicted octanol–water partition coefficient (Wildman–Crippen LogP) is 17.6. The van der Waals surface area contributed by atoms with Crippen LogP contribution in [0.15, 0.2) is 37.2 Å². The number of unbranched alkanes of at least 4 members (excludes halogenated alkanes) is 12. The third-order valence-electron chi connectivity index (χ3n) is 16.3. The van der Waals surface area contributed by atoms with Gasteiger partial charge in [0, 0.05) is 61.4 Å². The molecule has 79 heavy (non-hydrogen) atoms. The van der Waals surface area contributed by atoms with Gasteiger partial charge in [-0.25, -0.2) is 29.9 Å². The maximum atomic E-state index is 10.9. The SMILES string of the molecule is C[Si](C)(C#Cc1ncc(C=O)cn1)CCCCC[Si](C)(C)CCCCCC(CCCCC[Si](C)(C)CCCCC[Si](C)(C)C#Cc1ncc(C=O)cn1)CCCCC[Si](C)(C)CCCCC[Si](C)(C)C#Cc1ncc(C=O)cn1. The molecule has 9 nitrogen and oxygen atoms in total. The molecule has 0 saturated heterocycles. The van der Waals surface area contributed by atoms with Gasteiger partial charge in [-0.05, 0) is 41.8 Å². The van der Waals surface area contributed by atoms with Gasteiger partial charge in [0.2, 0.25) is 17.5 Å². The Morgan fingerprint density at radius 1 is 0.316 bits per heavy atom. The molecule has 3 aromatic heterocycles. The average Bonchev–Trinajstić information content (AvgIpc) is 3.40. The van der Waals surface area contributed by atoms with E-state index in [4.69, 9.17) is 0 Å². The molecule has 0 aliphatic carbocycles. The number of aldehydes is 3. The number of rotatable bonds is 39. The van der Waals surface area contributed by atoms with Gasteiger partial charge in [-0.15, -0.1) is 16.6 Å². The Bertz CT molecular complexity index is 2160. The first kappa shape index (κ1) is 69.5. The van der Waals surface area contributed by atoms with Crippen molar-refractivity contribution >= 4 is 67.3 Å². The molecule has 0 amide bonds. The molecule has 0 atom stereocenters. The Kier molecular flexibility index (Phi) is 32.2. The zero-order chi connectivity index (χ0) is 58.1. The highest BCUT2D eigenvalue weighted by Gasteiger charge is 2.24. The molecule has 434 valence electrons. The van der Waals surface area contributed by atoms with E-state index in [0.29, 0.717) is 34.2 Å². The van der Waals surface area contributed by atoms with Crippen molar-refractivity contribution in [2.45, 2.75) is 268 Å². The number of aromatic nitrogens is 6. The van der Waals surface area contributed by atoms with Crippen molar-refractivity contribution < 1.29 is 14.4 Å². The molecule has 3 rings (SSSR count). The van der Waals surface area contributed by atoms with Crippen molar-refractivity contribution in [3.05, 3.63) is 71.3 Å². The van der Waals surface area contributed by atoms with E-state index in [-0.39, 0.29) is 0 Å². The first-order valence-electron chi connectivity index (χ1n) is 30.9. The van der Waals surface area contributed by atoms with Crippen LogP contribution in [0.4, 0.5) is 0 Å². The van der Waals surface area contributed by atoms with Crippen molar-refractivity contribution in [1.29, 1.82) is 0 Å². The highest BCUT2D eigenvalue weighted by atomic mass is 28.3. The zero-order valence-corrected chi connectivity index (χ0v) is 57.9. The van der Waals surface area contributed by atoms with Crippen LogP contribution < -0.4 is 0 Å². The van der Waals surface area contributed by atoms with E-state index < -0.39 is 48.4 Å². The molecule has 15 heteroatoms. The smallest absolute Gasteiger partial charge is 0.204 e. The lowest BCUT2D eigenvalue weighted by molar-refractivity contribution is 0.111. The first-order valence-corrected chi connectivity index (χ1v) is 50.7. The third-order valence-corrected chi connectivity index (χ3v) is 33.8. The van der Waals surface area contributed by atoms with Crippen LogP contribution >= 0.6 is 0 Å². The van der Waals surface area contributed by atoms with Gasteiger partial charge < -0.3 is 0 Å². The molecule has 0 N–H and O–H groups in total. The fraction of sp³-hybridized carbons (Fsp3) is 0.672. The van der Waals surface area contributed by atoms with E-state index in [1.54, 1.807) is 37.2 Å². The number of nitrogens with zero attached hydrogens (tertiary/aromatic N) is 6. The van der Waals surface area contributed by atoms with Crippen LogP contribution in [0.3, 0.4) is 0 Å². The fourth-order valence-corrected chi connectivity index (χ4v) is 23.9. The predicted molar refractivity (Wildman–Crippen MR) is 351 cm³/mol. The van der Waals surface area contributed by atoms with Crippen LogP contribution in [-0.2, 0) is 0 Å². The Morgan fingerprint density at radius 3 is 0.734 bits per heavy atom. The summed E-state index contributed by atoms with van der Waals surface area (Å²) in [6.07, 6.45) is 40.4. The van der Waals surface area contributed by atoms with Gasteiger partial charge in [0.1, 0.15) is 24.2 Å².